The molecule has 3 aromatic rings. The van der Waals surface area contributed by atoms with Gasteiger partial charge >= 0.3 is 0 Å². The zero-order valence-corrected chi connectivity index (χ0v) is 16.3. The monoisotopic (exact) mass is 379 g/mol. The van der Waals surface area contributed by atoms with Crippen LogP contribution in [0, 0.1) is 5.92 Å². The van der Waals surface area contributed by atoms with E-state index in [4.69, 9.17) is 9.47 Å². The van der Waals surface area contributed by atoms with Gasteiger partial charge in [0.05, 0.1) is 14.2 Å². The lowest BCUT2D eigenvalue weighted by Gasteiger charge is -2.33. The van der Waals surface area contributed by atoms with Gasteiger partial charge in [-0.25, -0.2) is 15.0 Å². The zero-order chi connectivity index (χ0) is 19.3. The van der Waals surface area contributed by atoms with Crippen molar-refractivity contribution >= 4 is 5.82 Å². The molecule has 0 aliphatic heterocycles. The predicted molar refractivity (Wildman–Crippen MR) is 107 cm³/mol. The Morgan fingerprint density at radius 3 is 2.71 bits per heavy atom. The summed E-state index contributed by atoms with van der Waals surface area (Å²) in [5, 5.41) is 0. The highest BCUT2D eigenvalue weighted by Gasteiger charge is 2.23. The first-order valence-electron chi connectivity index (χ1n) is 9.53. The maximum absolute atomic E-state index is 5.60. The molecule has 0 atom stereocenters. The van der Waals surface area contributed by atoms with Crippen molar-refractivity contribution in [1.29, 1.82) is 0 Å². The van der Waals surface area contributed by atoms with Crippen LogP contribution in [0.4, 0.5) is 5.82 Å². The minimum atomic E-state index is 0.705. The van der Waals surface area contributed by atoms with Crippen LogP contribution in [0.25, 0.3) is 5.82 Å². The highest BCUT2D eigenvalue weighted by molar-refractivity contribution is 5.47. The summed E-state index contributed by atoms with van der Waals surface area (Å²) in [5.41, 5.74) is 1.10. The molecule has 0 amide bonds. The van der Waals surface area contributed by atoms with Crippen LogP contribution < -0.4 is 14.4 Å². The van der Waals surface area contributed by atoms with Crippen molar-refractivity contribution in [3.05, 3.63) is 54.9 Å². The maximum atomic E-state index is 5.60. The topological polar surface area (TPSA) is 65.3 Å². The number of methoxy groups -OCH3 is 2. The van der Waals surface area contributed by atoms with Gasteiger partial charge in [0.2, 0.25) is 0 Å². The zero-order valence-electron chi connectivity index (χ0n) is 16.3. The Labute approximate surface area is 165 Å². The lowest BCUT2D eigenvalue weighted by Crippen LogP contribution is -2.33. The maximum Gasteiger partial charge on any atom is 0.143 e. The molecule has 1 aliphatic rings. The largest absolute Gasteiger partial charge is 0.497 e. The van der Waals surface area contributed by atoms with Crippen molar-refractivity contribution in [2.24, 2.45) is 5.92 Å². The average molecular weight is 379 g/mol. The van der Waals surface area contributed by atoms with E-state index in [0.29, 0.717) is 12.5 Å². The Kier molecular flexibility index (Phi) is 5.41. The van der Waals surface area contributed by atoms with Gasteiger partial charge in [0.25, 0.3) is 0 Å². The molecule has 0 spiro atoms. The SMILES string of the molecule is COc1ccc(CN(CC2CCC2)c2cc(-n3ccnc3)ncn2)c(OC)c1. The second kappa shape index (κ2) is 8.29. The third-order valence-electron chi connectivity index (χ3n) is 5.29. The molecule has 0 N–H and O–H groups in total. The van der Waals surface area contributed by atoms with Gasteiger partial charge in [-0.2, -0.15) is 0 Å². The van der Waals surface area contributed by atoms with E-state index in [1.807, 2.05) is 29.0 Å². The van der Waals surface area contributed by atoms with Crippen molar-refractivity contribution in [3.8, 4) is 17.3 Å². The van der Waals surface area contributed by atoms with Gasteiger partial charge in [-0.05, 0) is 30.9 Å². The number of hydrogen-bond donors (Lipinski definition) is 0. The molecule has 0 radical (unpaired) electrons. The number of ether oxygens (including phenoxy) is 2. The Hall–Kier alpha value is -3.09. The number of rotatable bonds is 8. The van der Waals surface area contributed by atoms with Crippen molar-refractivity contribution < 1.29 is 9.47 Å². The number of hydrogen-bond acceptors (Lipinski definition) is 6. The summed E-state index contributed by atoms with van der Waals surface area (Å²) < 4.78 is 12.8. The Morgan fingerprint density at radius 1 is 1.14 bits per heavy atom. The predicted octanol–water partition coefficient (Wildman–Crippen LogP) is 3.49. The van der Waals surface area contributed by atoms with E-state index >= 15 is 0 Å². The van der Waals surface area contributed by atoms with Crippen molar-refractivity contribution in [2.75, 3.05) is 25.7 Å². The second-order valence-corrected chi connectivity index (χ2v) is 7.06. The first kappa shape index (κ1) is 18.3. The van der Waals surface area contributed by atoms with E-state index < -0.39 is 0 Å². The number of anilines is 1. The Bertz CT molecular complexity index is 909. The van der Waals surface area contributed by atoms with E-state index in [1.165, 1.54) is 19.3 Å². The van der Waals surface area contributed by atoms with Crippen LogP contribution in [-0.4, -0.2) is 40.3 Å². The summed E-state index contributed by atoms with van der Waals surface area (Å²) in [7, 11) is 3.35. The standard InChI is InChI=1S/C21H25N5O2/c1-27-18-7-6-17(19(10-18)28-2)13-26(12-16-4-3-5-16)21-11-20(23-14-24-21)25-9-8-22-15-25/h6-11,14-16H,3-5,12-13H2,1-2H3. The molecule has 1 saturated carbocycles. The fourth-order valence-electron chi connectivity index (χ4n) is 3.46. The third-order valence-corrected chi connectivity index (χ3v) is 5.29. The van der Waals surface area contributed by atoms with Gasteiger partial charge in [-0.15, -0.1) is 0 Å². The number of imidazole rings is 1. The van der Waals surface area contributed by atoms with Crippen LogP contribution in [0.5, 0.6) is 11.5 Å². The van der Waals surface area contributed by atoms with Gasteiger partial charge in [-0.3, -0.25) is 4.57 Å². The van der Waals surface area contributed by atoms with Crippen LogP contribution in [0.2, 0.25) is 0 Å². The van der Waals surface area contributed by atoms with E-state index in [-0.39, 0.29) is 0 Å². The third kappa shape index (κ3) is 3.93. The average Bonchev–Trinajstić information content (AvgIpc) is 3.24. The highest BCUT2D eigenvalue weighted by atomic mass is 16.5. The van der Waals surface area contributed by atoms with Crippen LogP contribution >= 0.6 is 0 Å². The minimum Gasteiger partial charge on any atom is -0.497 e. The summed E-state index contributed by atoms with van der Waals surface area (Å²) in [4.78, 5) is 15.4. The quantitative estimate of drug-likeness (QED) is 0.597. The van der Waals surface area contributed by atoms with Gasteiger partial charge in [0.1, 0.15) is 35.8 Å². The summed E-state index contributed by atoms with van der Waals surface area (Å²) in [6, 6.07) is 7.96. The molecule has 2 heterocycles. The molecule has 1 aliphatic carbocycles. The summed E-state index contributed by atoms with van der Waals surface area (Å²) in [5.74, 6) is 4.03. The first-order valence-corrected chi connectivity index (χ1v) is 9.53. The molecule has 7 heteroatoms. The summed E-state index contributed by atoms with van der Waals surface area (Å²) in [6.45, 7) is 1.68. The fourth-order valence-corrected chi connectivity index (χ4v) is 3.46. The second-order valence-electron chi connectivity index (χ2n) is 7.06. The molecule has 2 aromatic heterocycles. The fraction of sp³-hybridized carbons (Fsp3) is 0.381. The van der Waals surface area contributed by atoms with Crippen molar-refractivity contribution in [2.45, 2.75) is 25.8 Å². The molecule has 0 bridgehead atoms. The summed E-state index contributed by atoms with van der Waals surface area (Å²) in [6.07, 6.45) is 10.9. The Morgan fingerprint density at radius 2 is 2.04 bits per heavy atom. The van der Waals surface area contributed by atoms with Crippen LogP contribution in [-0.2, 0) is 6.54 Å². The van der Waals surface area contributed by atoms with Gasteiger partial charge in [0, 0.05) is 43.2 Å². The van der Waals surface area contributed by atoms with E-state index in [2.05, 4.69) is 25.9 Å². The van der Waals surface area contributed by atoms with Gasteiger partial charge < -0.3 is 14.4 Å². The van der Waals surface area contributed by atoms with Crippen molar-refractivity contribution in [3.63, 3.8) is 0 Å². The Balaban J connectivity index is 1.63. The molecule has 0 unspecified atom stereocenters. The van der Waals surface area contributed by atoms with Crippen LogP contribution in [0.15, 0.2) is 49.3 Å². The van der Waals surface area contributed by atoms with Gasteiger partial charge in [0.15, 0.2) is 0 Å². The number of aromatic nitrogens is 4. The molecule has 4 rings (SSSR count). The highest BCUT2D eigenvalue weighted by Crippen LogP contribution is 2.31. The smallest absolute Gasteiger partial charge is 0.143 e. The number of benzene rings is 1. The lowest BCUT2D eigenvalue weighted by atomic mass is 9.85. The normalized spacial score (nSPS) is 13.8. The molecule has 146 valence electrons. The lowest BCUT2D eigenvalue weighted by molar-refractivity contribution is 0.315. The molecular formula is C21H25N5O2. The minimum absolute atomic E-state index is 0.705. The van der Waals surface area contributed by atoms with E-state index in [1.54, 1.807) is 33.1 Å². The molecular weight excluding hydrogens is 354 g/mol. The molecule has 7 nitrogen and oxygen atoms in total. The molecule has 1 fully saturated rings. The molecule has 1 aromatic carbocycles. The van der Waals surface area contributed by atoms with E-state index in [0.717, 1.165) is 35.2 Å². The van der Waals surface area contributed by atoms with Crippen LogP contribution in [0.1, 0.15) is 24.8 Å². The van der Waals surface area contributed by atoms with E-state index in [9.17, 15) is 0 Å². The molecule has 28 heavy (non-hydrogen) atoms. The van der Waals surface area contributed by atoms with Crippen molar-refractivity contribution in [1.82, 2.24) is 19.5 Å². The van der Waals surface area contributed by atoms with Crippen LogP contribution in [0.3, 0.4) is 0 Å². The number of nitrogens with zero attached hydrogens (tertiary/aromatic N) is 5. The van der Waals surface area contributed by atoms with Gasteiger partial charge in [-0.1, -0.05) is 6.42 Å². The first-order chi connectivity index (χ1) is 13.8. The molecule has 0 saturated heterocycles. The summed E-state index contributed by atoms with van der Waals surface area (Å²) >= 11 is 0.